The van der Waals surface area contributed by atoms with Crippen LogP contribution in [0.1, 0.15) is 5.56 Å². The molecule has 0 aliphatic rings. The molecular weight excluding hydrogens is 288 g/mol. The molecule has 2 rings (SSSR count). The fourth-order valence-electron chi connectivity index (χ4n) is 1.85. The summed E-state index contributed by atoms with van der Waals surface area (Å²) in [6.45, 7) is 0.643. The molecule has 4 nitrogen and oxygen atoms in total. The lowest BCUT2D eigenvalue weighted by molar-refractivity contribution is -0.118. The van der Waals surface area contributed by atoms with Gasteiger partial charge >= 0.3 is 0 Å². The zero-order chi connectivity index (χ0) is 15.1. The monoisotopic (exact) mass is 304 g/mol. The summed E-state index contributed by atoms with van der Waals surface area (Å²) in [6.07, 6.45) is 0. The molecule has 1 amide bonds. The van der Waals surface area contributed by atoms with Crippen LogP contribution < -0.4 is 15.4 Å². The molecule has 0 aromatic heterocycles. The van der Waals surface area contributed by atoms with Gasteiger partial charge in [-0.1, -0.05) is 29.8 Å². The van der Waals surface area contributed by atoms with Crippen LogP contribution in [0.25, 0.3) is 0 Å². The first kappa shape index (κ1) is 15.4. The average molecular weight is 305 g/mol. The molecule has 0 heterocycles. The van der Waals surface area contributed by atoms with Gasteiger partial charge in [0.05, 0.1) is 0 Å². The Morgan fingerprint density at radius 1 is 1.14 bits per heavy atom. The van der Waals surface area contributed by atoms with E-state index in [1.54, 1.807) is 24.3 Å². The summed E-state index contributed by atoms with van der Waals surface area (Å²) in [6, 6.07) is 14.5. The second kappa shape index (κ2) is 7.67. The van der Waals surface area contributed by atoms with Crippen molar-refractivity contribution in [3.8, 4) is 5.75 Å². The zero-order valence-electron chi connectivity index (χ0n) is 11.7. The van der Waals surface area contributed by atoms with E-state index in [1.807, 2.05) is 31.3 Å². The second-order valence-corrected chi connectivity index (χ2v) is 4.91. The van der Waals surface area contributed by atoms with E-state index in [1.165, 1.54) is 0 Å². The average Bonchev–Trinajstić information content (AvgIpc) is 2.49. The van der Waals surface area contributed by atoms with Crippen molar-refractivity contribution in [3.05, 3.63) is 59.1 Å². The van der Waals surface area contributed by atoms with Gasteiger partial charge in [-0.05, 0) is 42.9 Å². The number of nitrogens with one attached hydrogen (secondary N) is 2. The van der Waals surface area contributed by atoms with E-state index in [2.05, 4.69) is 10.6 Å². The Morgan fingerprint density at radius 2 is 1.86 bits per heavy atom. The van der Waals surface area contributed by atoms with Crippen molar-refractivity contribution < 1.29 is 9.53 Å². The van der Waals surface area contributed by atoms with Crippen LogP contribution in [0.15, 0.2) is 48.5 Å². The van der Waals surface area contributed by atoms with E-state index in [9.17, 15) is 4.79 Å². The van der Waals surface area contributed by atoms with Gasteiger partial charge in [0.15, 0.2) is 6.61 Å². The summed E-state index contributed by atoms with van der Waals surface area (Å²) in [7, 11) is 1.86. The molecule has 0 aliphatic heterocycles. The summed E-state index contributed by atoms with van der Waals surface area (Å²) < 4.78 is 5.41. The van der Waals surface area contributed by atoms with Crippen molar-refractivity contribution in [3.63, 3.8) is 0 Å². The van der Waals surface area contributed by atoms with Crippen LogP contribution in [-0.2, 0) is 11.3 Å². The van der Waals surface area contributed by atoms with E-state index in [0.717, 1.165) is 11.3 Å². The van der Waals surface area contributed by atoms with Gasteiger partial charge in [0.1, 0.15) is 5.75 Å². The van der Waals surface area contributed by atoms with Crippen molar-refractivity contribution in [1.82, 2.24) is 5.32 Å². The molecule has 0 aliphatic carbocycles. The van der Waals surface area contributed by atoms with Crippen molar-refractivity contribution >= 4 is 23.2 Å². The lowest BCUT2D eigenvalue weighted by Gasteiger charge is -2.11. The number of benzene rings is 2. The molecule has 0 saturated heterocycles. The summed E-state index contributed by atoms with van der Waals surface area (Å²) in [4.78, 5) is 11.9. The number of hydrogen-bond donors (Lipinski definition) is 2. The Kier molecular flexibility index (Phi) is 5.60. The minimum Gasteiger partial charge on any atom is -0.484 e. The Morgan fingerprint density at radius 3 is 2.57 bits per heavy atom. The van der Waals surface area contributed by atoms with Gasteiger partial charge in [0.25, 0.3) is 5.91 Å². The van der Waals surface area contributed by atoms with E-state index in [4.69, 9.17) is 16.3 Å². The van der Waals surface area contributed by atoms with Gasteiger partial charge in [-0.3, -0.25) is 4.79 Å². The molecule has 5 heteroatoms. The van der Waals surface area contributed by atoms with Gasteiger partial charge in [-0.25, -0.2) is 0 Å². The van der Waals surface area contributed by atoms with Crippen LogP contribution in [0.5, 0.6) is 5.75 Å². The largest absolute Gasteiger partial charge is 0.484 e. The van der Waals surface area contributed by atoms with Gasteiger partial charge in [0, 0.05) is 17.3 Å². The maximum atomic E-state index is 11.9. The molecule has 0 unspecified atom stereocenters. The number of ether oxygens (including phenoxy) is 1. The van der Waals surface area contributed by atoms with Crippen LogP contribution in [0.4, 0.5) is 5.69 Å². The molecule has 0 fully saturated rings. The number of anilines is 1. The second-order valence-electron chi connectivity index (χ2n) is 4.48. The highest BCUT2D eigenvalue weighted by Crippen LogP contribution is 2.16. The van der Waals surface area contributed by atoms with Crippen molar-refractivity contribution in [2.45, 2.75) is 6.54 Å². The van der Waals surface area contributed by atoms with Gasteiger partial charge in [-0.15, -0.1) is 0 Å². The molecular formula is C16H17ClN2O2. The molecule has 0 saturated carbocycles. The third-order valence-corrected chi connectivity index (χ3v) is 3.09. The summed E-state index contributed by atoms with van der Waals surface area (Å²) >= 11 is 5.79. The van der Waals surface area contributed by atoms with Gasteiger partial charge in [0.2, 0.25) is 0 Å². The lowest BCUT2D eigenvalue weighted by Crippen LogP contribution is -2.21. The van der Waals surface area contributed by atoms with E-state index < -0.39 is 0 Å². The first-order valence-corrected chi connectivity index (χ1v) is 6.97. The first-order chi connectivity index (χ1) is 10.2. The minimum absolute atomic E-state index is 0.0461. The SMILES string of the molecule is CNCc1ccccc1NC(=O)COc1ccc(Cl)cc1. The number of halogens is 1. The predicted octanol–water partition coefficient (Wildman–Crippen LogP) is 3.08. The third-order valence-electron chi connectivity index (χ3n) is 2.84. The number of para-hydroxylation sites is 1. The molecule has 0 atom stereocenters. The van der Waals surface area contributed by atoms with Crippen molar-refractivity contribution in [1.29, 1.82) is 0 Å². The molecule has 21 heavy (non-hydrogen) atoms. The smallest absolute Gasteiger partial charge is 0.262 e. The Hall–Kier alpha value is -2.04. The highest BCUT2D eigenvalue weighted by Gasteiger charge is 2.07. The number of carbonyl (C=O) groups is 1. The Bertz CT molecular complexity index is 599. The molecule has 0 bridgehead atoms. The molecule has 110 valence electrons. The number of rotatable bonds is 6. The molecule has 2 aromatic carbocycles. The minimum atomic E-state index is -0.200. The third kappa shape index (κ3) is 4.77. The Labute approximate surface area is 129 Å². The summed E-state index contributed by atoms with van der Waals surface area (Å²) in [5.41, 5.74) is 1.82. The quantitative estimate of drug-likeness (QED) is 0.862. The number of amides is 1. The standard InChI is InChI=1S/C16H17ClN2O2/c1-18-10-12-4-2-3-5-15(12)19-16(20)11-21-14-8-6-13(17)7-9-14/h2-9,18H,10-11H2,1H3,(H,19,20). The summed E-state index contributed by atoms with van der Waals surface area (Å²) in [5, 5.41) is 6.54. The van der Waals surface area contributed by atoms with Crippen LogP contribution >= 0.6 is 11.6 Å². The van der Waals surface area contributed by atoms with E-state index in [0.29, 0.717) is 17.3 Å². The van der Waals surface area contributed by atoms with Crippen molar-refractivity contribution in [2.75, 3.05) is 19.0 Å². The topological polar surface area (TPSA) is 50.4 Å². The molecule has 0 spiro atoms. The van der Waals surface area contributed by atoms with Crippen molar-refractivity contribution in [2.24, 2.45) is 0 Å². The van der Waals surface area contributed by atoms with Crippen LogP contribution in [-0.4, -0.2) is 19.6 Å². The number of carbonyl (C=O) groups excluding carboxylic acids is 1. The highest BCUT2D eigenvalue weighted by molar-refractivity contribution is 6.30. The fraction of sp³-hybridized carbons (Fsp3) is 0.188. The number of hydrogen-bond acceptors (Lipinski definition) is 3. The molecule has 0 radical (unpaired) electrons. The predicted molar refractivity (Wildman–Crippen MR) is 84.8 cm³/mol. The van der Waals surface area contributed by atoms with Gasteiger partial charge in [-0.2, -0.15) is 0 Å². The normalized spacial score (nSPS) is 10.2. The summed E-state index contributed by atoms with van der Waals surface area (Å²) in [5.74, 6) is 0.409. The first-order valence-electron chi connectivity index (χ1n) is 6.60. The molecule has 2 aromatic rings. The molecule has 2 N–H and O–H groups in total. The maximum absolute atomic E-state index is 11.9. The Balaban J connectivity index is 1.91. The van der Waals surface area contributed by atoms with Gasteiger partial charge < -0.3 is 15.4 Å². The van der Waals surface area contributed by atoms with Crippen LogP contribution in [0.3, 0.4) is 0 Å². The van der Waals surface area contributed by atoms with Crippen LogP contribution in [0, 0.1) is 0 Å². The van der Waals surface area contributed by atoms with Crippen LogP contribution in [0.2, 0.25) is 5.02 Å². The maximum Gasteiger partial charge on any atom is 0.262 e. The van der Waals surface area contributed by atoms with E-state index in [-0.39, 0.29) is 12.5 Å². The zero-order valence-corrected chi connectivity index (χ0v) is 12.5. The fourth-order valence-corrected chi connectivity index (χ4v) is 1.98. The highest BCUT2D eigenvalue weighted by atomic mass is 35.5. The van der Waals surface area contributed by atoms with E-state index >= 15 is 0 Å². The lowest BCUT2D eigenvalue weighted by atomic mass is 10.2.